The van der Waals surface area contributed by atoms with Crippen LogP contribution in [-0.2, 0) is 14.8 Å². The van der Waals surface area contributed by atoms with Gasteiger partial charge in [-0.2, -0.15) is 0 Å². The SMILES string of the molecule is CCOC(=O)c1ccc2c(c1)nc(NS(=O)(=O)c1ccc(Br)cc1)n2-c1cc(OC)c(OC)c(OC)c1. The van der Waals surface area contributed by atoms with E-state index in [4.69, 9.17) is 18.9 Å². The first-order chi connectivity index (χ1) is 17.7. The topological polar surface area (TPSA) is 118 Å². The number of imidazole rings is 1. The van der Waals surface area contributed by atoms with Gasteiger partial charge in [-0.1, -0.05) is 15.9 Å². The molecule has 1 aromatic heterocycles. The number of anilines is 1. The van der Waals surface area contributed by atoms with Crippen molar-refractivity contribution in [2.24, 2.45) is 0 Å². The molecule has 0 aliphatic carbocycles. The molecule has 0 spiro atoms. The summed E-state index contributed by atoms with van der Waals surface area (Å²) in [5.41, 5.74) is 1.66. The van der Waals surface area contributed by atoms with Crippen molar-refractivity contribution < 1.29 is 32.2 Å². The van der Waals surface area contributed by atoms with Crippen LogP contribution in [0.15, 0.2) is 64.0 Å². The van der Waals surface area contributed by atoms with Crippen molar-refractivity contribution in [3.05, 3.63) is 64.6 Å². The molecular formula is C25H24BrN3O7S. The van der Waals surface area contributed by atoms with Crippen LogP contribution in [-0.4, -0.2) is 51.9 Å². The molecule has 4 aromatic rings. The van der Waals surface area contributed by atoms with Gasteiger partial charge in [-0.3, -0.25) is 4.57 Å². The van der Waals surface area contributed by atoms with Crippen LogP contribution in [0, 0.1) is 0 Å². The third kappa shape index (κ3) is 5.20. The predicted molar refractivity (Wildman–Crippen MR) is 142 cm³/mol. The third-order valence-corrected chi connectivity index (χ3v) is 7.30. The fourth-order valence-corrected chi connectivity index (χ4v) is 4.99. The molecule has 0 atom stereocenters. The fraction of sp³-hybridized carbons (Fsp3) is 0.200. The lowest BCUT2D eigenvalue weighted by Crippen LogP contribution is -2.16. The number of fused-ring (bicyclic) bond motifs is 1. The summed E-state index contributed by atoms with van der Waals surface area (Å²) in [7, 11) is 0.431. The average molecular weight is 590 g/mol. The lowest BCUT2D eigenvalue weighted by molar-refractivity contribution is 0.0526. The van der Waals surface area contributed by atoms with Crippen LogP contribution in [0.1, 0.15) is 17.3 Å². The number of nitrogens with zero attached hydrogens (tertiary/aromatic N) is 2. The largest absolute Gasteiger partial charge is 0.493 e. The molecular weight excluding hydrogens is 566 g/mol. The molecule has 4 rings (SSSR count). The zero-order chi connectivity index (χ0) is 26.7. The maximum atomic E-state index is 13.3. The number of rotatable bonds is 9. The van der Waals surface area contributed by atoms with Gasteiger partial charge in [-0.25, -0.2) is 22.9 Å². The van der Waals surface area contributed by atoms with E-state index in [0.717, 1.165) is 4.47 Å². The van der Waals surface area contributed by atoms with Crippen LogP contribution in [0.5, 0.6) is 17.2 Å². The van der Waals surface area contributed by atoms with Crippen LogP contribution in [0.2, 0.25) is 0 Å². The molecule has 37 heavy (non-hydrogen) atoms. The van der Waals surface area contributed by atoms with Crippen molar-refractivity contribution in [2.75, 3.05) is 32.7 Å². The number of aromatic nitrogens is 2. The molecule has 3 aromatic carbocycles. The zero-order valence-corrected chi connectivity index (χ0v) is 22.8. The van der Waals surface area contributed by atoms with Crippen LogP contribution < -0.4 is 18.9 Å². The first-order valence-corrected chi connectivity index (χ1v) is 13.3. The molecule has 194 valence electrons. The van der Waals surface area contributed by atoms with Gasteiger partial charge in [0.1, 0.15) is 0 Å². The van der Waals surface area contributed by atoms with Crippen molar-refractivity contribution in [3.63, 3.8) is 0 Å². The van der Waals surface area contributed by atoms with E-state index in [-0.39, 0.29) is 23.0 Å². The summed E-state index contributed by atoms with van der Waals surface area (Å²) >= 11 is 3.31. The second kappa shape index (κ2) is 10.7. The third-order valence-electron chi connectivity index (χ3n) is 5.42. The summed E-state index contributed by atoms with van der Waals surface area (Å²) in [6.07, 6.45) is 0. The van der Waals surface area contributed by atoms with E-state index in [1.165, 1.54) is 33.5 Å². The Labute approximate surface area is 222 Å². The van der Waals surface area contributed by atoms with Crippen molar-refractivity contribution >= 4 is 48.9 Å². The number of nitrogens with one attached hydrogen (secondary N) is 1. The highest BCUT2D eigenvalue weighted by molar-refractivity contribution is 9.10. The van der Waals surface area contributed by atoms with Gasteiger partial charge >= 0.3 is 5.97 Å². The van der Waals surface area contributed by atoms with E-state index in [2.05, 4.69) is 25.6 Å². The molecule has 0 aliphatic heterocycles. The average Bonchev–Trinajstić information content (AvgIpc) is 3.24. The molecule has 10 nitrogen and oxygen atoms in total. The summed E-state index contributed by atoms with van der Waals surface area (Å²) in [5, 5.41) is 0. The number of sulfonamides is 1. The molecule has 0 amide bonds. The molecule has 0 saturated carbocycles. The van der Waals surface area contributed by atoms with Crippen LogP contribution >= 0.6 is 15.9 Å². The number of carbonyl (C=O) groups is 1. The zero-order valence-electron chi connectivity index (χ0n) is 20.4. The Balaban J connectivity index is 1.94. The second-order valence-corrected chi connectivity index (χ2v) is 10.2. The van der Waals surface area contributed by atoms with E-state index in [1.807, 2.05) is 0 Å². The van der Waals surface area contributed by atoms with Gasteiger partial charge in [0.2, 0.25) is 11.7 Å². The maximum Gasteiger partial charge on any atom is 0.338 e. The molecule has 0 bridgehead atoms. The lowest BCUT2D eigenvalue weighted by Gasteiger charge is -2.17. The van der Waals surface area contributed by atoms with Gasteiger partial charge < -0.3 is 18.9 Å². The quantitative estimate of drug-likeness (QED) is 0.277. The first-order valence-electron chi connectivity index (χ1n) is 11.0. The standard InChI is InChI=1S/C25H24BrN3O7S/c1-5-36-24(30)15-6-11-20-19(12-15)27-25(28-37(31,32)18-9-7-16(26)8-10-18)29(20)17-13-21(33-2)23(35-4)22(14-17)34-3/h6-14H,5H2,1-4H3,(H,27,28). The number of hydrogen-bond acceptors (Lipinski definition) is 8. The van der Waals surface area contributed by atoms with Crippen molar-refractivity contribution in [1.82, 2.24) is 9.55 Å². The number of methoxy groups -OCH3 is 3. The Morgan fingerprint density at radius 1 is 0.973 bits per heavy atom. The summed E-state index contributed by atoms with van der Waals surface area (Å²) in [5.74, 6) is 0.587. The highest BCUT2D eigenvalue weighted by Gasteiger charge is 2.23. The number of hydrogen-bond donors (Lipinski definition) is 1. The molecule has 0 aliphatic rings. The van der Waals surface area contributed by atoms with E-state index in [0.29, 0.717) is 34.0 Å². The van der Waals surface area contributed by atoms with Gasteiger partial charge in [-0.05, 0) is 49.4 Å². The highest BCUT2D eigenvalue weighted by atomic mass is 79.9. The smallest absolute Gasteiger partial charge is 0.338 e. The number of ether oxygens (including phenoxy) is 4. The predicted octanol–water partition coefficient (Wildman–Crippen LogP) is 4.79. The molecule has 0 radical (unpaired) electrons. The number of esters is 1. The molecule has 0 unspecified atom stereocenters. The molecule has 0 saturated heterocycles. The van der Waals surface area contributed by atoms with Gasteiger partial charge in [0, 0.05) is 16.6 Å². The Hall–Kier alpha value is -3.77. The van der Waals surface area contributed by atoms with Gasteiger partial charge in [-0.15, -0.1) is 0 Å². The molecule has 1 heterocycles. The summed E-state index contributed by atoms with van der Waals surface area (Å²) in [6.45, 7) is 1.93. The summed E-state index contributed by atoms with van der Waals surface area (Å²) in [6, 6.07) is 14.3. The first kappa shape index (κ1) is 26.3. The summed E-state index contributed by atoms with van der Waals surface area (Å²) in [4.78, 5) is 16.9. The minimum Gasteiger partial charge on any atom is -0.493 e. The normalized spacial score (nSPS) is 11.3. The second-order valence-electron chi connectivity index (χ2n) is 7.64. The molecule has 0 fully saturated rings. The minimum atomic E-state index is -4.02. The van der Waals surface area contributed by atoms with E-state index >= 15 is 0 Å². The van der Waals surface area contributed by atoms with Crippen molar-refractivity contribution in [1.29, 1.82) is 0 Å². The number of halogens is 1. The lowest BCUT2D eigenvalue weighted by atomic mass is 10.2. The van der Waals surface area contributed by atoms with Crippen molar-refractivity contribution in [2.45, 2.75) is 11.8 Å². The van der Waals surface area contributed by atoms with Gasteiger partial charge in [0.15, 0.2) is 11.5 Å². The van der Waals surface area contributed by atoms with E-state index in [9.17, 15) is 13.2 Å². The summed E-state index contributed by atoms with van der Waals surface area (Å²) < 4.78 is 52.9. The van der Waals surface area contributed by atoms with Crippen molar-refractivity contribution in [3.8, 4) is 22.9 Å². The molecule has 12 heteroatoms. The van der Waals surface area contributed by atoms with Crippen LogP contribution in [0.4, 0.5) is 5.95 Å². The monoisotopic (exact) mass is 589 g/mol. The fourth-order valence-electron chi connectivity index (χ4n) is 3.74. The Morgan fingerprint density at radius 3 is 2.19 bits per heavy atom. The number of carbonyl (C=O) groups excluding carboxylic acids is 1. The Bertz CT molecular complexity index is 1540. The Kier molecular flexibility index (Phi) is 7.60. The van der Waals surface area contributed by atoms with E-state index in [1.54, 1.807) is 54.0 Å². The van der Waals surface area contributed by atoms with E-state index < -0.39 is 16.0 Å². The van der Waals surface area contributed by atoms with Crippen LogP contribution in [0.25, 0.3) is 16.7 Å². The van der Waals surface area contributed by atoms with Gasteiger partial charge in [0.25, 0.3) is 10.0 Å². The van der Waals surface area contributed by atoms with Gasteiger partial charge in [0.05, 0.1) is 55.1 Å². The number of benzene rings is 3. The van der Waals surface area contributed by atoms with Crippen LogP contribution in [0.3, 0.4) is 0 Å². The minimum absolute atomic E-state index is 0.00630. The highest BCUT2D eigenvalue weighted by Crippen LogP contribution is 2.41. The molecule has 1 N–H and O–H groups in total. The maximum absolute atomic E-state index is 13.3. The Morgan fingerprint density at radius 2 is 1.62 bits per heavy atom.